The second kappa shape index (κ2) is 7.04. The molecule has 0 bridgehead atoms. The first kappa shape index (κ1) is 18.1. The van der Waals surface area contributed by atoms with E-state index in [1.807, 2.05) is 19.9 Å². The summed E-state index contributed by atoms with van der Waals surface area (Å²) in [5.74, 6) is -0.261. The summed E-state index contributed by atoms with van der Waals surface area (Å²) in [4.78, 5) is 25.0. The van der Waals surface area contributed by atoms with Crippen molar-refractivity contribution in [2.24, 2.45) is 5.92 Å². The number of ether oxygens (including phenoxy) is 2. The van der Waals surface area contributed by atoms with Crippen LogP contribution in [0, 0.1) is 19.8 Å². The molecular formula is C21H22ClNO4. The van der Waals surface area contributed by atoms with Gasteiger partial charge in [-0.15, -0.1) is 0 Å². The van der Waals surface area contributed by atoms with Gasteiger partial charge in [0.1, 0.15) is 12.4 Å². The number of fused-ring (bicyclic) bond motifs is 1. The van der Waals surface area contributed by atoms with Crippen LogP contribution in [0.1, 0.15) is 46.2 Å². The lowest BCUT2D eigenvalue weighted by molar-refractivity contribution is -0.148. The summed E-state index contributed by atoms with van der Waals surface area (Å²) in [5.41, 5.74) is 3.57. The first-order chi connectivity index (χ1) is 12.9. The number of rotatable bonds is 5. The van der Waals surface area contributed by atoms with E-state index in [-0.39, 0.29) is 19.0 Å². The van der Waals surface area contributed by atoms with Crippen molar-refractivity contribution in [1.29, 1.82) is 0 Å². The molecule has 0 spiro atoms. The molecule has 0 N–H and O–H groups in total. The van der Waals surface area contributed by atoms with Crippen molar-refractivity contribution in [1.82, 2.24) is 4.57 Å². The van der Waals surface area contributed by atoms with Crippen LogP contribution in [0.5, 0.6) is 5.75 Å². The summed E-state index contributed by atoms with van der Waals surface area (Å²) in [6.45, 7) is 3.97. The molecule has 1 aliphatic heterocycles. The number of benzene rings is 1. The van der Waals surface area contributed by atoms with E-state index in [4.69, 9.17) is 21.1 Å². The summed E-state index contributed by atoms with van der Waals surface area (Å²) >= 11 is 6.01. The van der Waals surface area contributed by atoms with Crippen molar-refractivity contribution in [3.63, 3.8) is 0 Å². The lowest BCUT2D eigenvalue weighted by Crippen LogP contribution is -2.31. The lowest BCUT2D eigenvalue weighted by Gasteiger charge is -2.24. The summed E-state index contributed by atoms with van der Waals surface area (Å²) in [6, 6.07) is 7.77. The molecule has 0 radical (unpaired) electrons. The third-order valence-electron chi connectivity index (χ3n) is 5.30. The van der Waals surface area contributed by atoms with Gasteiger partial charge in [0.25, 0.3) is 0 Å². The highest BCUT2D eigenvalue weighted by Crippen LogP contribution is 2.38. The van der Waals surface area contributed by atoms with Crippen LogP contribution in [-0.4, -0.2) is 29.5 Å². The second-order valence-electron chi connectivity index (χ2n) is 7.38. The number of nitrogens with zero attached hydrogens (tertiary/aromatic N) is 1. The Morgan fingerprint density at radius 3 is 2.78 bits per heavy atom. The molecule has 5 nitrogen and oxygen atoms in total. The van der Waals surface area contributed by atoms with Gasteiger partial charge in [-0.25, -0.2) is 0 Å². The van der Waals surface area contributed by atoms with E-state index in [0.29, 0.717) is 23.0 Å². The lowest BCUT2D eigenvalue weighted by atomic mass is 9.97. The predicted octanol–water partition coefficient (Wildman–Crippen LogP) is 4.07. The van der Waals surface area contributed by atoms with Crippen LogP contribution in [0.4, 0.5) is 0 Å². The highest BCUT2D eigenvalue weighted by Gasteiger charge is 2.30. The van der Waals surface area contributed by atoms with Gasteiger partial charge in [-0.3, -0.25) is 9.59 Å². The summed E-state index contributed by atoms with van der Waals surface area (Å²) in [6.07, 6.45) is 2.82. The normalized spacial score (nSPS) is 18.6. The third-order valence-corrected chi connectivity index (χ3v) is 5.54. The van der Waals surface area contributed by atoms with Gasteiger partial charge in [0.15, 0.2) is 6.61 Å². The fourth-order valence-corrected chi connectivity index (χ4v) is 4.00. The number of aromatic nitrogens is 1. The molecule has 1 aromatic carbocycles. The van der Waals surface area contributed by atoms with Gasteiger partial charge >= 0.3 is 5.97 Å². The quantitative estimate of drug-likeness (QED) is 0.573. The second-order valence-corrected chi connectivity index (χ2v) is 7.82. The van der Waals surface area contributed by atoms with Crippen LogP contribution in [0.3, 0.4) is 0 Å². The van der Waals surface area contributed by atoms with E-state index < -0.39 is 11.9 Å². The van der Waals surface area contributed by atoms with Crippen LogP contribution in [0.25, 0.3) is 0 Å². The van der Waals surface area contributed by atoms with Gasteiger partial charge < -0.3 is 14.0 Å². The Morgan fingerprint density at radius 2 is 2.04 bits per heavy atom. The van der Waals surface area contributed by atoms with E-state index in [1.165, 1.54) is 0 Å². The van der Waals surface area contributed by atoms with E-state index >= 15 is 0 Å². The molecule has 2 aliphatic rings. The highest BCUT2D eigenvalue weighted by atomic mass is 35.5. The molecule has 1 atom stereocenters. The smallest absolute Gasteiger partial charge is 0.313 e. The SMILES string of the molecule is Cc1cc(C(=O)COC(=O)[C@H]2COc3ccc(Cl)cc3C2)c(C)n1C1CC1. The Hall–Kier alpha value is -2.27. The Balaban J connectivity index is 1.38. The van der Waals surface area contributed by atoms with Crippen LogP contribution in [0.15, 0.2) is 24.3 Å². The molecule has 2 heterocycles. The minimum Gasteiger partial charge on any atom is -0.492 e. The minimum atomic E-state index is -0.428. The molecule has 1 fully saturated rings. The zero-order valence-electron chi connectivity index (χ0n) is 15.5. The maximum atomic E-state index is 12.6. The summed E-state index contributed by atoms with van der Waals surface area (Å²) < 4.78 is 13.2. The Labute approximate surface area is 163 Å². The van der Waals surface area contributed by atoms with Crippen LogP contribution >= 0.6 is 11.6 Å². The molecular weight excluding hydrogens is 366 g/mol. The van der Waals surface area contributed by atoms with Crippen molar-refractivity contribution in [2.75, 3.05) is 13.2 Å². The van der Waals surface area contributed by atoms with Gasteiger partial charge in [-0.2, -0.15) is 0 Å². The number of aryl methyl sites for hydroxylation is 1. The molecule has 1 aromatic heterocycles. The summed E-state index contributed by atoms with van der Waals surface area (Å²) in [5, 5.41) is 0.604. The number of halogens is 1. The van der Waals surface area contributed by atoms with Crippen LogP contribution in [-0.2, 0) is 16.0 Å². The zero-order valence-corrected chi connectivity index (χ0v) is 16.2. The molecule has 4 rings (SSSR count). The van der Waals surface area contributed by atoms with Crippen molar-refractivity contribution in [3.05, 3.63) is 51.8 Å². The van der Waals surface area contributed by atoms with E-state index in [9.17, 15) is 9.59 Å². The zero-order chi connectivity index (χ0) is 19.1. The number of Topliss-reactive ketones (excluding diaryl/α,β-unsaturated/α-hetero) is 1. The molecule has 0 unspecified atom stereocenters. The first-order valence-corrected chi connectivity index (χ1v) is 9.61. The van der Waals surface area contributed by atoms with Crippen molar-refractivity contribution in [3.8, 4) is 5.75 Å². The van der Waals surface area contributed by atoms with Gasteiger partial charge in [0, 0.05) is 28.0 Å². The average molecular weight is 388 g/mol. The number of hydrogen-bond acceptors (Lipinski definition) is 4. The predicted molar refractivity (Wildman–Crippen MR) is 102 cm³/mol. The Kier molecular flexibility index (Phi) is 4.72. The maximum absolute atomic E-state index is 12.6. The van der Waals surface area contributed by atoms with Gasteiger partial charge in [-0.05, 0) is 62.9 Å². The van der Waals surface area contributed by atoms with Crippen molar-refractivity contribution >= 4 is 23.4 Å². The largest absolute Gasteiger partial charge is 0.492 e. The molecule has 142 valence electrons. The molecule has 0 saturated heterocycles. The Morgan fingerprint density at radius 1 is 1.26 bits per heavy atom. The van der Waals surface area contributed by atoms with E-state index in [2.05, 4.69) is 4.57 Å². The van der Waals surface area contributed by atoms with Crippen molar-refractivity contribution < 1.29 is 19.1 Å². The first-order valence-electron chi connectivity index (χ1n) is 9.23. The van der Waals surface area contributed by atoms with Gasteiger partial charge in [-0.1, -0.05) is 11.6 Å². The number of esters is 1. The molecule has 2 aromatic rings. The Bertz CT molecular complexity index is 913. The monoisotopic (exact) mass is 387 g/mol. The van der Waals surface area contributed by atoms with E-state index in [0.717, 1.165) is 35.5 Å². The topological polar surface area (TPSA) is 57.5 Å². The van der Waals surface area contributed by atoms with Crippen LogP contribution < -0.4 is 4.74 Å². The summed E-state index contributed by atoms with van der Waals surface area (Å²) in [7, 11) is 0. The van der Waals surface area contributed by atoms with Crippen molar-refractivity contribution in [2.45, 2.75) is 39.2 Å². The molecule has 1 saturated carbocycles. The van der Waals surface area contributed by atoms with Gasteiger partial charge in [0.2, 0.25) is 5.78 Å². The molecule has 0 amide bonds. The number of carbonyl (C=O) groups is 2. The van der Waals surface area contributed by atoms with E-state index in [1.54, 1.807) is 18.2 Å². The number of ketones is 1. The fraction of sp³-hybridized carbons (Fsp3) is 0.429. The fourth-order valence-electron chi connectivity index (χ4n) is 3.80. The number of hydrogen-bond donors (Lipinski definition) is 0. The minimum absolute atomic E-state index is 0.163. The highest BCUT2D eigenvalue weighted by molar-refractivity contribution is 6.30. The molecule has 6 heteroatoms. The average Bonchev–Trinajstić information content (AvgIpc) is 3.43. The maximum Gasteiger partial charge on any atom is 0.313 e. The number of carbonyl (C=O) groups excluding carboxylic acids is 2. The van der Waals surface area contributed by atoms with Gasteiger partial charge in [0.05, 0.1) is 5.92 Å². The van der Waals surface area contributed by atoms with Crippen LogP contribution in [0.2, 0.25) is 5.02 Å². The standard InChI is InChI=1S/C21H22ClNO4/c1-12-7-18(13(2)23(12)17-4-5-17)19(24)11-27-21(25)15-8-14-9-16(22)3-6-20(14)26-10-15/h3,6-7,9,15,17H,4-5,8,10-11H2,1-2H3/t15-/m1/s1. The molecule has 1 aliphatic carbocycles. The third kappa shape index (κ3) is 3.61. The molecule has 27 heavy (non-hydrogen) atoms.